The van der Waals surface area contributed by atoms with Gasteiger partial charge in [0, 0.05) is 11.3 Å². The molecule has 1 heterocycles. The van der Waals surface area contributed by atoms with Gasteiger partial charge in [0.25, 0.3) is 5.56 Å². The minimum Gasteiger partial charge on any atom is -0.507 e. The summed E-state index contributed by atoms with van der Waals surface area (Å²) in [5.74, 6) is -0.395. The number of carbonyl (C=O) groups excluding carboxylic acids is 1. The number of ether oxygens (including phenoxy) is 3. The number of rotatable bonds is 7. The second-order valence-electron chi connectivity index (χ2n) is 6.44. The maximum absolute atomic E-state index is 12.9. The Hall–Kier alpha value is -3.48. The second-order valence-corrected chi connectivity index (χ2v) is 6.44. The average molecular weight is 397 g/mol. The molecule has 29 heavy (non-hydrogen) atoms. The number of esters is 1. The average Bonchev–Trinajstić information content (AvgIpc) is 2.72. The van der Waals surface area contributed by atoms with E-state index in [0.29, 0.717) is 28.0 Å². The maximum atomic E-state index is 12.9. The summed E-state index contributed by atoms with van der Waals surface area (Å²) in [6.07, 6.45) is -0.113. The molecule has 152 valence electrons. The van der Waals surface area contributed by atoms with Crippen molar-refractivity contribution in [3.63, 3.8) is 0 Å². The van der Waals surface area contributed by atoms with Gasteiger partial charge < -0.3 is 24.3 Å². The van der Waals surface area contributed by atoms with Crippen molar-refractivity contribution in [3.8, 4) is 17.2 Å². The molecule has 0 aliphatic carbocycles. The summed E-state index contributed by atoms with van der Waals surface area (Å²) < 4.78 is 15.7. The fourth-order valence-electron chi connectivity index (χ4n) is 3.41. The van der Waals surface area contributed by atoms with Crippen LogP contribution in [0.2, 0.25) is 0 Å². The molecule has 0 amide bonds. The number of para-hydroxylation sites is 1. The first-order chi connectivity index (χ1) is 14.0. The molecule has 3 rings (SSSR count). The van der Waals surface area contributed by atoms with E-state index in [9.17, 15) is 14.7 Å². The smallest absolute Gasteiger partial charge is 0.306 e. The van der Waals surface area contributed by atoms with Gasteiger partial charge in [0.2, 0.25) is 0 Å². The standard InChI is InChI=1S/C22H23NO6/c1-4-29-19(24)12-15(13-9-10-17(27-2)18(11-13)28-3)20-21(25)14-7-5-6-8-16(14)23-22(20)26/h5-11,15H,4,12H2,1-3H3,(H2,23,25,26)/t15-/m0/s1. The highest BCUT2D eigenvalue weighted by molar-refractivity contribution is 5.86. The lowest BCUT2D eigenvalue weighted by Gasteiger charge is -2.20. The van der Waals surface area contributed by atoms with Crippen LogP contribution in [0.1, 0.15) is 30.4 Å². The van der Waals surface area contributed by atoms with Crippen molar-refractivity contribution >= 4 is 16.9 Å². The number of pyridine rings is 1. The first kappa shape index (κ1) is 20.3. The molecule has 0 bridgehead atoms. The number of carbonyl (C=O) groups is 1. The number of fused-ring (bicyclic) bond motifs is 1. The SMILES string of the molecule is CCOC(=O)C[C@@H](c1ccc(OC)c(OC)c1)c1c(O)c2ccccc2[nH]c1=O. The Balaban J connectivity index is 2.21. The van der Waals surface area contributed by atoms with Crippen molar-refractivity contribution in [2.24, 2.45) is 0 Å². The Kier molecular flexibility index (Phi) is 6.07. The number of nitrogens with one attached hydrogen (secondary N) is 1. The Morgan fingerprint density at radius 3 is 2.52 bits per heavy atom. The molecule has 1 aromatic heterocycles. The van der Waals surface area contributed by atoms with E-state index in [-0.39, 0.29) is 24.3 Å². The number of aromatic hydroxyl groups is 1. The molecular formula is C22H23NO6. The third-order valence-electron chi connectivity index (χ3n) is 4.76. The lowest BCUT2D eigenvalue weighted by atomic mass is 9.87. The highest BCUT2D eigenvalue weighted by Crippen LogP contribution is 2.38. The molecule has 0 aliphatic heterocycles. The number of hydrogen-bond acceptors (Lipinski definition) is 6. The molecule has 0 aliphatic rings. The monoisotopic (exact) mass is 397 g/mol. The lowest BCUT2D eigenvalue weighted by molar-refractivity contribution is -0.143. The summed E-state index contributed by atoms with van der Waals surface area (Å²) in [7, 11) is 3.02. The Bertz CT molecular complexity index is 1090. The largest absolute Gasteiger partial charge is 0.507 e. The predicted octanol–water partition coefficient (Wildman–Crippen LogP) is 3.34. The summed E-state index contributed by atoms with van der Waals surface area (Å²) >= 11 is 0. The maximum Gasteiger partial charge on any atom is 0.306 e. The first-order valence-corrected chi connectivity index (χ1v) is 9.21. The van der Waals surface area contributed by atoms with Crippen LogP contribution in [0.3, 0.4) is 0 Å². The summed E-state index contributed by atoms with van der Waals surface area (Å²) in [6.45, 7) is 1.93. The summed E-state index contributed by atoms with van der Waals surface area (Å²) in [6, 6.07) is 12.1. The molecule has 0 saturated heterocycles. The van der Waals surface area contributed by atoms with Crippen LogP contribution in [-0.4, -0.2) is 36.9 Å². The fraction of sp³-hybridized carbons (Fsp3) is 0.273. The Morgan fingerprint density at radius 1 is 1.10 bits per heavy atom. The van der Waals surface area contributed by atoms with Gasteiger partial charge >= 0.3 is 5.97 Å². The number of aromatic nitrogens is 1. The van der Waals surface area contributed by atoms with E-state index in [4.69, 9.17) is 14.2 Å². The number of H-pyrrole nitrogens is 1. The normalized spacial score (nSPS) is 11.8. The van der Waals surface area contributed by atoms with E-state index >= 15 is 0 Å². The zero-order valence-corrected chi connectivity index (χ0v) is 16.5. The molecule has 0 spiro atoms. The van der Waals surface area contributed by atoms with E-state index < -0.39 is 17.4 Å². The third kappa shape index (κ3) is 4.03. The van der Waals surface area contributed by atoms with Crippen LogP contribution in [0.15, 0.2) is 47.3 Å². The lowest BCUT2D eigenvalue weighted by Crippen LogP contribution is -2.21. The van der Waals surface area contributed by atoms with Gasteiger partial charge in [0.15, 0.2) is 11.5 Å². The molecule has 7 heteroatoms. The second kappa shape index (κ2) is 8.68. The Labute approximate surface area is 167 Å². The first-order valence-electron chi connectivity index (χ1n) is 9.21. The molecule has 0 unspecified atom stereocenters. The molecule has 0 radical (unpaired) electrons. The van der Waals surface area contributed by atoms with Gasteiger partial charge in [-0.25, -0.2) is 0 Å². The van der Waals surface area contributed by atoms with Crippen LogP contribution in [0, 0.1) is 0 Å². The zero-order valence-electron chi connectivity index (χ0n) is 16.5. The molecule has 2 aromatic carbocycles. The van der Waals surface area contributed by atoms with E-state index in [1.807, 2.05) is 0 Å². The minimum absolute atomic E-state index is 0.101. The fourth-order valence-corrected chi connectivity index (χ4v) is 3.41. The van der Waals surface area contributed by atoms with E-state index in [1.54, 1.807) is 49.4 Å². The van der Waals surface area contributed by atoms with Crippen LogP contribution in [0.4, 0.5) is 0 Å². The van der Waals surface area contributed by atoms with Crippen molar-refractivity contribution in [3.05, 3.63) is 63.9 Å². The topological polar surface area (TPSA) is 97.8 Å². The van der Waals surface area contributed by atoms with E-state index in [1.165, 1.54) is 14.2 Å². The van der Waals surface area contributed by atoms with Gasteiger partial charge in [-0.1, -0.05) is 18.2 Å². The minimum atomic E-state index is -0.734. The number of benzene rings is 2. The third-order valence-corrected chi connectivity index (χ3v) is 4.76. The van der Waals surface area contributed by atoms with Gasteiger partial charge in [0.05, 0.1) is 38.3 Å². The van der Waals surface area contributed by atoms with Gasteiger partial charge in [-0.2, -0.15) is 0 Å². The van der Waals surface area contributed by atoms with Crippen LogP contribution in [-0.2, 0) is 9.53 Å². The van der Waals surface area contributed by atoms with Gasteiger partial charge in [-0.15, -0.1) is 0 Å². The van der Waals surface area contributed by atoms with Crippen LogP contribution >= 0.6 is 0 Å². The van der Waals surface area contributed by atoms with Crippen molar-refractivity contribution in [2.75, 3.05) is 20.8 Å². The van der Waals surface area contributed by atoms with E-state index in [2.05, 4.69) is 4.98 Å². The molecule has 0 saturated carbocycles. The molecule has 0 fully saturated rings. The molecule has 2 N–H and O–H groups in total. The number of methoxy groups -OCH3 is 2. The highest BCUT2D eigenvalue weighted by Gasteiger charge is 2.27. The highest BCUT2D eigenvalue weighted by atomic mass is 16.5. The molecular weight excluding hydrogens is 374 g/mol. The number of aromatic amines is 1. The van der Waals surface area contributed by atoms with Crippen molar-refractivity contribution < 1.29 is 24.1 Å². The van der Waals surface area contributed by atoms with Gasteiger partial charge in [0.1, 0.15) is 5.75 Å². The molecule has 3 aromatic rings. The quantitative estimate of drug-likeness (QED) is 0.594. The molecule has 1 atom stereocenters. The number of hydrogen-bond donors (Lipinski definition) is 2. The van der Waals surface area contributed by atoms with Crippen molar-refractivity contribution in [1.29, 1.82) is 0 Å². The summed E-state index contributed by atoms with van der Waals surface area (Å²) in [5.41, 5.74) is 0.766. The van der Waals surface area contributed by atoms with Crippen molar-refractivity contribution in [1.82, 2.24) is 4.98 Å². The van der Waals surface area contributed by atoms with Crippen molar-refractivity contribution in [2.45, 2.75) is 19.3 Å². The predicted molar refractivity (Wildman–Crippen MR) is 109 cm³/mol. The van der Waals surface area contributed by atoms with Gasteiger partial charge in [-0.05, 0) is 36.8 Å². The summed E-state index contributed by atoms with van der Waals surface area (Å²) in [5, 5.41) is 11.4. The van der Waals surface area contributed by atoms with Crippen LogP contribution in [0.25, 0.3) is 10.9 Å². The molecule has 7 nitrogen and oxygen atoms in total. The summed E-state index contributed by atoms with van der Waals surface area (Å²) in [4.78, 5) is 27.9. The van der Waals surface area contributed by atoms with Gasteiger partial charge in [-0.3, -0.25) is 9.59 Å². The Morgan fingerprint density at radius 2 is 1.83 bits per heavy atom. The van der Waals surface area contributed by atoms with Crippen LogP contribution < -0.4 is 15.0 Å². The van der Waals surface area contributed by atoms with Crippen LogP contribution in [0.5, 0.6) is 17.2 Å². The zero-order chi connectivity index (χ0) is 21.0. The van der Waals surface area contributed by atoms with E-state index in [0.717, 1.165) is 0 Å².